The van der Waals surface area contributed by atoms with Crippen molar-refractivity contribution in [1.82, 2.24) is 0 Å². The van der Waals surface area contributed by atoms with Crippen LogP contribution < -0.4 is 0 Å². The summed E-state index contributed by atoms with van der Waals surface area (Å²) >= 11 is 0.608. The van der Waals surface area contributed by atoms with Crippen molar-refractivity contribution in [3.63, 3.8) is 0 Å². The highest BCUT2D eigenvalue weighted by Crippen LogP contribution is 2.25. The lowest BCUT2D eigenvalue weighted by Crippen LogP contribution is -2.07. The summed E-state index contributed by atoms with van der Waals surface area (Å²) in [5.41, 5.74) is -0.579. The van der Waals surface area contributed by atoms with Crippen molar-refractivity contribution in [2.45, 2.75) is 13.8 Å². The van der Waals surface area contributed by atoms with Crippen molar-refractivity contribution in [2.24, 2.45) is 0 Å². The molecule has 0 aliphatic carbocycles. The third-order valence-corrected chi connectivity index (χ3v) is 2.32. The largest absolute Gasteiger partial charge is 0.462 e. The number of esters is 1. The van der Waals surface area contributed by atoms with Crippen LogP contribution in [-0.4, -0.2) is 12.6 Å². The first-order chi connectivity index (χ1) is 6.07. The Hall–Kier alpha value is -0.970. The van der Waals surface area contributed by atoms with Gasteiger partial charge in [-0.3, -0.25) is 0 Å². The molecule has 0 aliphatic heterocycles. The zero-order chi connectivity index (χ0) is 10.0. The maximum absolute atomic E-state index is 13.1. The summed E-state index contributed by atoms with van der Waals surface area (Å²) in [6, 6.07) is 0. The maximum Gasteiger partial charge on any atom is 0.345 e. The van der Waals surface area contributed by atoms with Crippen LogP contribution in [0.4, 0.5) is 8.78 Å². The smallest absolute Gasteiger partial charge is 0.345 e. The number of rotatable bonds is 2. The van der Waals surface area contributed by atoms with E-state index in [9.17, 15) is 13.6 Å². The summed E-state index contributed by atoms with van der Waals surface area (Å²) in [5.74, 6) is -1.76. The van der Waals surface area contributed by atoms with E-state index in [4.69, 9.17) is 0 Å². The maximum atomic E-state index is 13.1. The monoisotopic (exact) mass is 206 g/mol. The Morgan fingerprint density at radius 1 is 1.54 bits per heavy atom. The molecular weight excluding hydrogens is 198 g/mol. The van der Waals surface area contributed by atoms with E-state index in [1.54, 1.807) is 6.92 Å². The summed E-state index contributed by atoms with van der Waals surface area (Å²) in [6.45, 7) is 3.09. The molecule has 0 amide bonds. The highest BCUT2D eigenvalue weighted by Gasteiger charge is 2.23. The fraction of sp³-hybridized carbons (Fsp3) is 0.375. The standard InChI is InChI=1S/C8H8F2O2S/c1-3-12-8(11)5-6(9)4(2)13-7(5)10/h3H2,1-2H3. The van der Waals surface area contributed by atoms with Gasteiger partial charge < -0.3 is 4.74 Å². The molecule has 0 atom stereocenters. The third kappa shape index (κ3) is 1.85. The van der Waals surface area contributed by atoms with Crippen LogP contribution >= 0.6 is 11.3 Å². The molecule has 1 aromatic heterocycles. The van der Waals surface area contributed by atoms with Crippen molar-refractivity contribution in [3.8, 4) is 0 Å². The molecule has 5 heteroatoms. The fourth-order valence-corrected chi connectivity index (χ4v) is 1.60. The van der Waals surface area contributed by atoms with Crippen LogP contribution in [0.1, 0.15) is 22.2 Å². The van der Waals surface area contributed by atoms with Crippen LogP contribution in [0.3, 0.4) is 0 Å². The lowest BCUT2D eigenvalue weighted by atomic mass is 10.3. The zero-order valence-corrected chi connectivity index (χ0v) is 8.00. The van der Waals surface area contributed by atoms with E-state index in [2.05, 4.69) is 4.74 Å². The molecule has 13 heavy (non-hydrogen) atoms. The molecule has 0 radical (unpaired) electrons. The first-order valence-corrected chi connectivity index (χ1v) is 4.51. The first-order valence-electron chi connectivity index (χ1n) is 3.69. The summed E-state index contributed by atoms with van der Waals surface area (Å²) in [5, 5.41) is -0.826. The van der Waals surface area contributed by atoms with Crippen LogP contribution in [0.25, 0.3) is 0 Å². The number of hydrogen-bond donors (Lipinski definition) is 0. The second kappa shape index (κ2) is 3.83. The number of carbonyl (C=O) groups excluding carboxylic acids is 1. The lowest BCUT2D eigenvalue weighted by molar-refractivity contribution is 0.0517. The summed E-state index contributed by atoms with van der Waals surface area (Å²) in [4.78, 5) is 11.2. The van der Waals surface area contributed by atoms with Gasteiger partial charge in [0.1, 0.15) is 5.56 Å². The minimum atomic E-state index is -0.943. The summed E-state index contributed by atoms with van der Waals surface area (Å²) < 4.78 is 30.5. The molecule has 0 unspecified atom stereocenters. The molecule has 0 fully saturated rings. The third-order valence-electron chi connectivity index (χ3n) is 1.45. The van der Waals surface area contributed by atoms with Crippen LogP contribution in [0, 0.1) is 17.9 Å². The van der Waals surface area contributed by atoms with Crippen molar-refractivity contribution >= 4 is 17.3 Å². The molecule has 0 aliphatic rings. The van der Waals surface area contributed by atoms with E-state index in [-0.39, 0.29) is 11.5 Å². The quantitative estimate of drug-likeness (QED) is 0.695. The number of hydrogen-bond acceptors (Lipinski definition) is 3. The van der Waals surface area contributed by atoms with Crippen LogP contribution in [0.15, 0.2) is 0 Å². The van der Waals surface area contributed by atoms with Gasteiger partial charge in [0, 0.05) is 4.88 Å². The highest BCUT2D eigenvalue weighted by atomic mass is 32.1. The molecule has 0 saturated heterocycles. The van der Waals surface area contributed by atoms with E-state index < -0.39 is 22.5 Å². The molecule has 0 aromatic carbocycles. The van der Waals surface area contributed by atoms with Gasteiger partial charge in [-0.15, -0.1) is 11.3 Å². The molecule has 72 valence electrons. The number of carbonyl (C=O) groups is 1. The van der Waals surface area contributed by atoms with E-state index >= 15 is 0 Å². The number of ether oxygens (including phenoxy) is 1. The van der Waals surface area contributed by atoms with Gasteiger partial charge in [0.15, 0.2) is 10.9 Å². The number of halogens is 2. The molecule has 0 spiro atoms. The molecule has 0 saturated carbocycles. The predicted molar refractivity (Wildman–Crippen MR) is 44.9 cm³/mol. The van der Waals surface area contributed by atoms with Crippen molar-refractivity contribution in [1.29, 1.82) is 0 Å². The Labute approximate surface area is 78.1 Å². The zero-order valence-electron chi connectivity index (χ0n) is 7.19. The summed E-state index contributed by atoms with van der Waals surface area (Å²) in [7, 11) is 0. The SMILES string of the molecule is CCOC(=O)c1c(F)sc(C)c1F. The van der Waals surface area contributed by atoms with E-state index in [1.807, 2.05) is 0 Å². The predicted octanol–water partition coefficient (Wildman–Crippen LogP) is 2.51. The molecular formula is C8H8F2O2S. The average molecular weight is 206 g/mol. The van der Waals surface area contributed by atoms with Crippen molar-refractivity contribution < 1.29 is 18.3 Å². The topological polar surface area (TPSA) is 26.3 Å². The lowest BCUT2D eigenvalue weighted by Gasteiger charge is -1.98. The van der Waals surface area contributed by atoms with Crippen molar-refractivity contribution in [2.75, 3.05) is 6.61 Å². The molecule has 1 aromatic rings. The second-order valence-electron chi connectivity index (χ2n) is 2.34. The fourth-order valence-electron chi connectivity index (χ4n) is 0.866. The number of aryl methyl sites for hydroxylation is 1. The van der Waals surface area contributed by atoms with Gasteiger partial charge in [-0.1, -0.05) is 0 Å². The van der Waals surface area contributed by atoms with E-state index in [1.165, 1.54) is 6.92 Å². The van der Waals surface area contributed by atoms with Gasteiger partial charge in [-0.2, -0.15) is 4.39 Å². The van der Waals surface area contributed by atoms with Crippen LogP contribution in [-0.2, 0) is 4.74 Å². The van der Waals surface area contributed by atoms with E-state index in [0.717, 1.165) is 0 Å². The minimum Gasteiger partial charge on any atom is -0.462 e. The molecule has 1 rings (SSSR count). The Balaban J connectivity index is 3.06. The van der Waals surface area contributed by atoms with Gasteiger partial charge >= 0.3 is 5.97 Å². The van der Waals surface area contributed by atoms with Gasteiger partial charge in [-0.05, 0) is 13.8 Å². The van der Waals surface area contributed by atoms with Gasteiger partial charge in [0.05, 0.1) is 6.61 Å². The van der Waals surface area contributed by atoms with Crippen molar-refractivity contribution in [3.05, 3.63) is 21.4 Å². The van der Waals surface area contributed by atoms with Gasteiger partial charge in [0.2, 0.25) is 0 Å². The average Bonchev–Trinajstić information content (AvgIpc) is 2.27. The second-order valence-corrected chi connectivity index (χ2v) is 3.52. The molecule has 2 nitrogen and oxygen atoms in total. The van der Waals surface area contributed by atoms with Gasteiger partial charge in [-0.25, -0.2) is 9.18 Å². The molecule has 1 heterocycles. The van der Waals surface area contributed by atoms with E-state index in [0.29, 0.717) is 11.3 Å². The first kappa shape index (κ1) is 10.1. The van der Waals surface area contributed by atoms with Crippen LogP contribution in [0.2, 0.25) is 0 Å². The Kier molecular flexibility index (Phi) is 2.98. The van der Waals surface area contributed by atoms with Gasteiger partial charge in [0.25, 0.3) is 0 Å². The summed E-state index contributed by atoms with van der Waals surface area (Å²) in [6.07, 6.45) is 0. The van der Waals surface area contributed by atoms with Crippen LogP contribution in [0.5, 0.6) is 0 Å². The normalized spacial score (nSPS) is 10.2. The Morgan fingerprint density at radius 2 is 2.15 bits per heavy atom. The minimum absolute atomic E-state index is 0.104. The molecule has 0 N–H and O–H groups in total. The highest BCUT2D eigenvalue weighted by molar-refractivity contribution is 7.10. The Morgan fingerprint density at radius 3 is 2.54 bits per heavy atom. The number of thiophene rings is 1. The Bertz CT molecular complexity index is 333. The molecule has 0 bridgehead atoms.